The molecular weight excluding hydrogens is 274 g/mol. The Morgan fingerprint density at radius 3 is 2.70 bits per heavy atom. The predicted octanol–water partition coefficient (Wildman–Crippen LogP) is 2.65. The van der Waals surface area contributed by atoms with E-state index >= 15 is 0 Å². The molecule has 20 heavy (non-hydrogen) atoms. The minimum atomic E-state index is -0.123. The van der Waals surface area contributed by atoms with E-state index in [9.17, 15) is 4.79 Å². The van der Waals surface area contributed by atoms with Gasteiger partial charge in [0.05, 0.1) is 6.54 Å². The number of halogens is 1. The van der Waals surface area contributed by atoms with Gasteiger partial charge in [0.25, 0.3) is 0 Å². The first-order valence-corrected chi connectivity index (χ1v) is 6.62. The molecule has 4 N–H and O–H groups in total. The maximum atomic E-state index is 11.8. The van der Waals surface area contributed by atoms with Gasteiger partial charge in [-0.25, -0.2) is 0 Å². The zero-order valence-electron chi connectivity index (χ0n) is 10.9. The number of hydrogen-bond donors (Lipinski definition) is 3. The van der Waals surface area contributed by atoms with Gasteiger partial charge in [0.2, 0.25) is 5.91 Å². The van der Waals surface area contributed by atoms with Crippen molar-refractivity contribution in [3.05, 3.63) is 59.1 Å². The molecule has 0 aliphatic rings. The molecule has 0 unspecified atom stereocenters. The van der Waals surface area contributed by atoms with Gasteiger partial charge < -0.3 is 16.4 Å². The van der Waals surface area contributed by atoms with Gasteiger partial charge in [-0.1, -0.05) is 35.9 Å². The number of nitrogen functional groups attached to an aromatic ring is 1. The number of benzene rings is 2. The van der Waals surface area contributed by atoms with Gasteiger partial charge in [-0.3, -0.25) is 4.79 Å². The number of carbonyl (C=O) groups excluding carboxylic acids is 1. The first kappa shape index (κ1) is 14.4. The van der Waals surface area contributed by atoms with E-state index in [0.717, 1.165) is 11.3 Å². The summed E-state index contributed by atoms with van der Waals surface area (Å²) in [4.78, 5) is 11.8. The molecule has 0 fully saturated rings. The second kappa shape index (κ2) is 6.93. The smallest absolute Gasteiger partial charge is 0.238 e. The van der Waals surface area contributed by atoms with Crippen LogP contribution in [0.15, 0.2) is 48.5 Å². The summed E-state index contributed by atoms with van der Waals surface area (Å²) in [5.41, 5.74) is 8.20. The molecule has 1 amide bonds. The first-order valence-electron chi connectivity index (χ1n) is 6.24. The van der Waals surface area contributed by atoms with Crippen LogP contribution in [-0.4, -0.2) is 12.5 Å². The van der Waals surface area contributed by atoms with E-state index in [1.807, 2.05) is 24.3 Å². The van der Waals surface area contributed by atoms with Crippen LogP contribution in [0, 0.1) is 0 Å². The van der Waals surface area contributed by atoms with E-state index in [1.165, 1.54) is 0 Å². The molecule has 2 rings (SSSR count). The molecule has 2 aromatic rings. The van der Waals surface area contributed by atoms with Crippen LogP contribution in [0.25, 0.3) is 0 Å². The maximum absolute atomic E-state index is 11.8. The zero-order chi connectivity index (χ0) is 14.4. The fraction of sp³-hybridized carbons (Fsp3) is 0.133. The Labute approximate surface area is 122 Å². The van der Waals surface area contributed by atoms with Gasteiger partial charge in [-0.15, -0.1) is 0 Å². The SMILES string of the molecule is Nc1ccccc1CNCC(=O)Nc1cccc(Cl)c1. The minimum Gasteiger partial charge on any atom is -0.398 e. The van der Waals surface area contributed by atoms with Gasteiger partial charge >= 0.3 is 0 Å². The largest absolute Gasteiger partial charge is 0.398 e. The highest BCUT2D eigenvalue weighted by molar-refractivity contribution is 6.30. The van der Waals surface area contributed by atoms with Crippen LogP contribution in [0.5, 0.6) is 0 Å². The number of nitrogens with one attached hydrogen (secondary N) is 2. The summed E-state index contributed by atoms with van der Waals surface area (Å²) in [7, 11) is 0. The maximum Gasteiger partial charge on any atom is 0.238 e. The standard InChI is InChI=1S/C15H16ClN3O/c16-12-5-3-6-13(8-12)19-15(20)10-18-9-11-4-1-2-7-14(11)17/h1-8,18H,9-10,17H2,(H,19,20). The number of amides is 1. The van der Waals surface area contributed by atoms with Crippen molar-refractivity contribution >= 4 is 28.9 Å². The average molecular weight is 290 g/mol. The monoisotopic (exact) mass is 289 g/mol. The minimum absolute atomic E-state index is 0.123. The van der Waals surface area contributed by atoms with E-state index in [1.54, 1.807) is 24.3 Å². The lowest BCUT2D eigenvalue weighted by Crippen LogP contribution is -2.27. The predicted molar refractivity (Wildman–Crippen MR) is 82.6 cm³/mol. The summed E-state index contributed by atoms with van der Waals surface area (Å²) in [5.74, 6) is -0.123. The molecule has 0 heterocycles. The molecule has 4 nitrogen and oxygen atoms in total. The lowest BCUT2D eigenvalue weighted by atomic mass is 10.2. The summed E-state index contributed by atoms with van der Waals surface area (Å²) >= 11 is 5.85. The van der Waals surface area contributed by atoms with Gasteiger partial charge in [-0.05, 0) is 29.8 Å². The Balaban J connectivity index is 1.80. The average Bonchev–Trinajstić information content (AvgIpc) is 2.41. The van der Waals surface area contributed by atoms with Crippen molar-refractivity contribution in [1.82, 2.24) is 5.32 Å². The number of carbonyl (C=O) groups is 1. The molecule has 5 heteroatoms. The highest BCUT2D eigenvalue weighted by Gasteiger charge is 2.03. The summed E-state index contributed by atoms with van der Waals surface area (Å²) in [6.07, 6.45) is 0. The number of hydrogen-bond acceptors (Lipinski definition) is 3. The number of nitrogens with two attached hydrogens (primary N) is 1. The highest BCUT2D eigenvalue weighted by atomic mass is 35.5. The molecule has 104 valence electrons. The normalized spacial score (nSPS) is 10.2. The molecule has 0 radical (unpaired) electrons. The molecule has 0 bridgehead atoms. The third-order valence-electron chi connectivity index (χ3n) is 2.76. The third kappa shape index (κ3) is 4.26. The van der Waals surface area contributed by atoms with Gasteiger partial charge in [0.15, 0.2) is 0 Å². The first-order chi connectivity index (χ1) is 9.65. The molecule has 2 aromatic carbocycles. The van der Waals surface area contributed by atoms with Crippen LogP contribution in [0.1, 0.15) is 5.56 Å². The number of rotatable bonds is 5. The fourth-order valence-electron chi connectivity index (χ4n) is 1.78. The lowest BCUT2D eigenvalue weighted by molar-refractivity contribution is -0.115. The van der Waals surface area contributed by atoms with Gasteiger partial charge in [-0.2, -0.15) is 0 Å². The van der Waals surface area contributed by atoms with Crippen LogP contribution in [0.4, 0.5) is 11.4 Å². The molecule has 0 spiro atoms. The van der Waals surface area contributed by atoms with Crippen LogP contribution < -0.4 is 16.4 Å². The molecule has 0 saturated heterocycles. The van der Waals surface area contributed by atoms with E-state index in [2.05, 4.69) is 10.6 Å². The van der Waals surface area contributed by atoms with Crippen molar-refractivity contribution in [3.63, 3.8) is 0 Å². The van der Waals surface area contributed by atoms with Crippen molar-refractivity contribution in [1.29, 1.82) is 0 Å². The second-order valence-electron chi connectivity index (χ2n) is 4.36. The highest BCUT2D eigenvalue weighted by Crippen LogP contribution is 2.14. The van der Waals surface area contributed by atoms with Crippen LogP contribution in [0.2, 0.25) is 5.02 Å². The molecule has 0 saturated carbocycles. The number of anilines is 2. The quantitative estimate of drug-likeness (QED) is 0.741. The Morgan fingerprint density at radius 2 is 1.95 bits per heavy atom. The van der Waals surface area contributed by atoms with Crippen molar-refractivity contribution < 1.29 is 4.79 Å². The lowest BCUT2D eigenvalue weighted by Gasteiger charge is -2.08. The van der Waals surface area contributed by atoms with Crippen molar-refractivity contribution in [2.75, 3.05) is 17.6 Å². The Kier molecular flexibility index (Phi) is 4.98. The zero-order valence-corrected chi connectivity index (χ0v) is 11.7. The Bertz CT molecular complexity index is 601. The van der Waals surface area contributed by atoms with Crippen molar-refractivity contribution in [2.24, 2.45) is 0 Å². The van der Waals surface area contributed by atoms with Crippen LogP contribution >= 0.6 is 11.6 Å². The summed E-state index contributed by atoms with van der Waals surface area (Å²) in [6.45, 7) is 0.760. The Morgan fingerprint density at radius 1 is 1.15 bits per heavy atom. The van der Waals surface area contributed by atoms with E-state index in [-0.39, 0.29) is 12.5 Å². The van der Waals surface area contributed by atoms with Gasteiger partial charge in [0, 0.05) is 22.9 Å². The molecule has 0 aliphatic carbocycles. The summed E-state index contributed by atoms with van der Waals surface area (Å²) < 4.78 is 0. The molecular formula is C15H16ClN3O. The summed E-state index contributed by atoms with van der Waals surface area (Å²) in [6, 6.07) is 14.6. The molecule has 0 atom stereocenters. The summed E-state index contributed by atoms with van der Waals surface area (Å²) in [5, 5.41) is 6.41. The second-order valence-corrected chi connectivity index (χ2v) is 4.80. The van der Waals surface area contributed by atoms with Crippen molar-refractivity contribution in [3.8, 4) is 0 Å². The third-order valence-corrected chi connectivity index (χ3v) is 3.00. The molecule has 0 aliphatic heterocycles. The van der Waals surface area contributed by atoms with Crippen LogP contribution in [0.3, 0.4) is 0 Å². The van der Waals surface area contributed by atoms with Gasteiger partial charge in [0.1, 0.15) is 0 Å². The Hall–Kier alpha value is -2.04. The van der Waals surface area contributed by atoms with Crippen molar-refractivity contribution in [2.45, 2.75) is 6.54 Å². The van der Waals surface area contributed by atoms with Crippen LogP contribution in [-0.2, 0) is 11.3 Å². The van der Waals surface area contributed by atoms with E-state index < -0.39 is 0 Å². The topological polar surface area (TPSA) is 67.1 Å². The molecule has 0 aromatic heterocycles. The fourth-order valence-corrected chi connectivity index (χ4v) is 1.97. The van der Waals surface area contributed by atoms with E-state index in [4.69, 9.17) is 17.3 Å². The number of para-hydroxylation sites is 1. The van der Waals surface area contributed by atoms with E-state index in [0.29, 0.717) is 17.3 Å².